The van der Waals surface area contributed by atoms with E-state index in [9.17, 15) is 9.59 Å². The highest BCUT2D eigenvalue weighted by Gasteiger charge is 2.51. The smallest absolute Gasteiger partial charge is 0.271 e. The van der Waals surface area contributed by atoms with Crippen molar-refractivity contribution in [3.05, 3.63) is 27.7 Å². The Morgan fingerprint density at radius 2 is 1.95 bits per heavy atom. The van der Waals surface area contributed by atoms with Gasteiger partial charge in [0.15, 0.2) is 0 Å². The van der Waals surface area contributed by atoms with Crippen molar-refractivity contribution in [3.8, 4) is 0 Å². The molecule has 5 nitrogen and oxygen atoms in total. The van der Waals surface area contributed by atoms with Gasteiger partial charge in [0.05, 0.1) is 6.04 Å². The lowest BCUT2D eigenvalue weighted by Gasteiger charge is -2.47. The van der Waals surface area contributed by atoms with Gasteiger partial charge in [-0.25, -0.2) is 0 Å². The normalized spacial score (nSPS) is 25.5. The van der Waals surface area contributed by atoms with Crippen LogP contribution >= 0.6 is 0 Å². The number of aromatic amines is 1. The van der Waals surface area contributed by atoms with Gasteiger partial charge in [-0.2, -0.15) is 0 Å². The Labute approximate surface area is 129 Å². The van der Waals surface area contributed by atoms with Gasteiger partial charge >= 0.3 is 0 Å². The molecule has 0 radical (unpaired) electrons. The molecular weight excluding hydrogens is 278 g/mol. The number of nitrogens with one attached hydrogen (secondary N) is 3. The molecule has 1 saturated heterocycles. The first-order chi connectivity index (χ1) is 10.7. The van der Waals surface area contributed by atoms with Crippen LogP contribution in [0.15, 0.2) is 10.9 Å². The summed E-state index contributed by atoms with van der Waals surface area (Å²) in [7, 11) is 0. The van der Waals surface area contributed by atoms with Crippen LogP contribution in [-0.4, -0.2) is 23.5 Å². The van der Waals surface area contributed by atoms with Crippen LogP contribution in [0.4, 0.5) is 5.69 Å². The zero-order valence-corrected chi connectivity index (χ0v) is 12.8. The topological polar surface area (TPSA) is 74.0 Å². The Bertz CT molecular complexity index is 658. The molecule has 1 saturated carbocycles. The van der Waals surface area contributed by atoms with E-state index >= 15 is 0 Å². The summed E-state index contributed by atoms with van der Waals surface area (Å²) < 4.78 is 0. The Morgan fingerprint density at radius 3 is 2.68 bits per heavy atom. The van der Waals surface area contributed by atoms with E-state index in [1.165, 1.54) is 18.4 Å². The third-order valence-electron chi connectivity index (χ3n) is 5.73. The summed E-state index contributed by atoms with van der Waals surface area (Å²) in [5.74, 6) is -0.0468. The van der Waals surface area contributed by atoms with Crippen LogP contribution in [-0.2, 0) is 17.6 Å². The van der Waals surface area contributed by atoms with E-state index in [4.69, 9.17) is 0 Å². The first-order valence-corrected chi connectivity index (χ1v) is 8.47. The molecule has 2 fully saturated rings. The molecule has 1 aromatic rings. The van der Waals surface area contributed by atoms with Crippen molar-refractivity contribution in [3.63, 3.8) is 0 Å². The van der Waals surface area contributed by atoms with Crippen molar-refractivity contribution in [2.45, 2.75) is 57.4 Å². The van der Waals surface area contributed by atoms with E-state index < -0.39 is 0 Å². The number of hydrogen-bond donors (Lipinski definition) is 3. The minimum Gasteiger partial charge on any atom is -0.324 e. The maximum Gasteiger partial charge on any atom is 0.271 e. The number of rotatable bonds is 2. The van der Waals surface area contributed by atoms with Gasteiger partial charge in [-0.3, -0.25) is 9.59 Å². The van der Waals surface area contributed by atoms with Crippen LogP contribution in [0.25, 0.3) is 0 Å². The standard InChI is InChI=1S/C17H23N3O2/c21-15-13(9-11-5-1-2-6-12(11)19-15)20-16(22)14-17(10-18-14)7-3-4-8-17/h9,14,18H,1-8,10H2,(H,19,21)(H,20,22). The van der Waals surface area contributed by atoms with Crippen molar-refractivity contribution >= 4 is 11.6 Å². The number of pyridine rings is 1. The zero-order valence-electron chi connectivity index (χ0n) is 12.8. The predicted molar refractivity (Wildman–Crippen MR) is 85.0 cm³/mol. The van der Waals surface area contributed by atoms with E-state index in [1.54, 1.807) is 0 Å². The molecule has 3 N–H and O–H groups in total. The number of hydrogen-bond acceptors (Lipinski definition) is 3. The van der Waals surface area contributed by atoms with E-state index in [0.717, 1.165) is 50.8 Å². The van der Waals surface area contributed by atoms with Gasteiger partial charge in [0.25, 0.3) is 5.56 Å². The van der Waals surface area contributed by atoms with Gasteiger partial charge in [-0.15, -0.1) is 0 Å². The molecule has 0 aromatic carbocycles. The summed E-state index contributed by atoms with van der Waals surface area (Å²) in [6, 6.07) is 1.75. The Balaban J connectivity index is 1.53. The highest BCUT2D eigenvalue weighted by atomic mass is 16.2. The fraction of sp³-hybridized carbons (Fsp3) is 0.647. The lowest BCUT2D eigenvalue weighted by Crippen LogP contribution is -2.66. The molecule has 1 aromatic heterocycles. The van der Waals surface area contributed by atoms with Crippen LogP contribution in [0.5, 0.6) is 0 Å². The van der Waals surface area contributed by atoms with Gasteiger partial charge in [0.1, 0.15) is 5.69 Å². The third-order valence-corrected chi connectivity index (χ3v) is 5.73. The first kappa shape index (κ1) is 14.0. The number of amides is 1. The van der Waals surface area contributed by atoms with Crippen molar-refractivity contribution in [1.29, 1.82) is 0 Å². The Morgan fingerprint density at radius 1 is 1.18 bits per heavy atom. The molecule has 4 rings (SSSR count). The molecular formula is C17H23N3O2. The average Bonchev–Trinajstić information content (AvgIpc) is 2.99. The maximum atomic E-state index is 12.5. The maximum absolute atomic E-state index is 12.5. The third kappa shape index (κ3) is 2.19. The summed E-state index contributed by atoms with van der Waals surface area (Å²) in [5.41, 5.74) is 2.60. The van der Waals surface area contributed by atoms with Crippen LogP contribution in [0.3, 0.4) is 0 Å². The SMILES string of the molecule is O=C(Nc1cc2c([nH]c1=O)CCCC2)C1NCC12CCCC2. The molecule has 2 aliphatic carbocycles. The summed E-state index contributed by atoms with van der Waals surface area (Å²) in [6.45, 7) is 0.936. The molecule has 1 aliphatic heterocycles. The second-order valence-corrected chi connectivity index (χ2v) is 7.10. The molecule has 1 atom stereocenters. The predicted octanol–water partition coefficient (Wildman–Crippen LogP) is 1.72. The quantitative estimate of drug-likeness (QED) is 0.779. The number of aryl methyl sites for hydroxylation is 2. The molecule has 22 heavy (non-hydrogen) atoms. The van der Waals surface area contributed by atoms with Crippen molar-refractivity contribution < 1.29 is 4.79 Å². The zero-order chi connectivity index (χ0) is 15.2. The number of anilines is 1. The van der Waals surface area contributed by atoms with Crippen LogP contribution in [0, 0.1) is 5.41 Å². The van der Waals surface area contributed by atoms with Gasteiger partial charge in [0.2, 0.25) is 5.91 Å². The fourth-order valence-electron chi connectivity index (χ4n) is 4.38. The van der Waals surface area contributed by atoms with E-state index in [2.05, 4.69) is 15.6 Å². The number of carbonyl (C=O) groups excluding carboxylic acids is 1. The molecule has 3 aliphatic rings. The first-order valence-electron chi connectivity index (χ1n) is 8.47. The number of H-pyrrole nitrogens is 1. The van der Waals surface area contributed by atoms with Crippen molar-refractivity contribution in [2.24, 2.45) is 5.41 Å². The minimum absolute atomic E-state index is 0.0468. The second kappa shape index (κ2) is 5.23. The van der Waals surface area contributed by atoms with E-state index in [1.807, 2.05) is 6.07 Å². The van der Waals surface area contributed by atoms with Crippen molar-refractivity contribution in [2.75, 3.05) is 11.9 Å². The highest BCUT2D eigenvalue weighted by Crippen LogP contribution is 2.45. The Hall–Kier alpha value is -1.62. The summed E-state index contributed by atoms with van der Waals surface area (Å²) >= 11 is 0. The average molecular weight is 301 g/mol. The van der Waals surface area contributed by atoms with E-state index in [-0.39, 0.29) is 22.9 Å². The van der Waals surface area contributed by atoms with Gasteiger partial charge in [-0.1, -0.05) is 12.8 Å². The van der Waals surface area contributed by atoms with Gasteiger partial charge < -0.3 is 15.6 Å². The fourth-order valence-corrected chi connectivity index (χ4v) is 4.38. The van der Waals surface area contributed by atoms with Crippen molar-refractivity contribution in [1.82, 2.24) is 10.3 Å². The molecule has 5 heteroatoms. The monoisotopic (exact) mass is 301 g/mol. The number of aromatic nitrogens is 1. The highest BCUT2D eigenvalue weighted by molar-refractivity contribution is 5.96. The number of carbonyl (C=O) groups is 1. The summed E-state index contributed by atoms with van der Waals surface area (Å²) in [6.07, 6.45) is 8.88. The molecule has 1 unspecified atom stereocenters. The van der Waals surface area contributed by atoms with Crippen LogP contribution in [0.2, 0.25) is 0 Å². The van der Waals surface area contributed by atoms with Gasteiger partial charge in [-0.05, 0) is 50.2 Å². The molecule has 1 amide bonds. The largest absolute Gasteiger partial charge is 0.324 e. The van der Waals surface area contributed by atoms with Crippen LogP contribution < -0.4 is 16.2 Å². The minimum atomic E-state index is -0.172. The Kier molecular flexibility index (Phi) is 3.33. The summed E-state index contributed by atoms with van der Waals surface area (Å²) in [5, 5.41) is 6.12. The number of fused-ring (bicyclic) bond motifs is 1. The summed E-state index contributed by atoms with van der Waals surface area (Å²) in [4.78, 5) is 27.7. The van der Waals surface area contributed by atoms with Gasteiger partial charge in [0, 0.05) is 17.7 Å². The van der Waals surface area contributed by atoms with E-state index in [0.29, 0.717) is 5.69 Å². The molecule has 2 heterocycles. The molecule has 118 valence electrons. The molecule has 1 spiro atoms. The van der Waals surface area contributed by atoms with Crippen LogP contribution in [0.1, 0.15) is 49.8 Å². The lowest BCUT2D eigenvalue weighted by atomic mass is 9.71. The molecule has 0 bridgehead atoms. The second-order valence-electron chi connectivity index (χ2n) is 7.10. The lowest BCUT2D eigenvalue weighted by molar-refractivity contribution is -0.125.